The first kappa shape index (κ1) is 32.6. The fourth-order valence-electron chi connectivity index (χ4n) is 6.39. The topological polar surface area (TPSA) is 161 Å². The lowest BCUT2D eigenvalue weighted by Crippen LogP contribution is -2.46. The third-order valence-electron chi connectivity index (χ3n) is 9.16. The monoisotopic (exact) mass is 656 g/mol. The number of rotatable bonds is 5. The Balaban J connectivity index is 1.24. The van der Waals surface area contributed by atoms with Crippen molar-refractivity contribution in [3.8, 4) is 34.5 Å². The minimum atomic E-state index is -0.779. The van der Waals surface area contributed by atoms with E-state index < -0.39 is 12.1 Å². The fraction of sp³-hybridized carbons (Fsp3) is 0.400. The molecule has 2 aromatic carbocycles. The molecule has 4 aromatic rings. The molecular weight excluding hydrogens is 616 g/mol. The van der Waals surface area contributed by atoms with E-state index in [0.29, 0.717) is 47.2 Å². The van der Waals surface area contributed by atoms with Crippen LogP contribution in [0.5, 0.6) is 23.0 Å². The summed E-state index contributed by atoms with van der Waals surface area (Å²) in [5.74, 6) is 1.03. The maximum Gasteiger partial charge on any atom is 0.243 e. The fourth-order valence-corrected chi connectivity index (χ4v) is 6.39. The highest BCUT2D eigenvalue weighted by Crippen LogP contribution is 2.39. The van der Waals surface area contributed by atoms with E-state index in [-0.39, 0.29) is 61.6 Å². The predicted octanol–water partition coefficient (Wildman–Crippen LogP) is 3.79. The Bertz CT molecular complexity index is 1880. The molecule has 2 aliphatic rings. The van der Waals surface area contributed by atoms with Gasteiger partial charge in [-0.05, 0) is 81.5 Å². The number of aromatic nitrogens is 3. The third kappa shape index (κ3) is 6.71. The van der Waals surface area contributed by atoms with Gasteiger partial charge in [-0.2, -0.15) is 5.10 Å². The highest BCUT2D eigenvalue weighted by molar-refractivity contribution is 5.89. The maximum absolute atomic E-state index is 13.7. The Morgan fingerprint density at radius 3 is 2.69 bits per heavy atom. The van der Waals surface area contributed by atoms with Gasteiger partial charge in [-0.15, -0.1) is 0 Å². The summed E-state index contributed by atoms with van der Waals surface area (Å²) in [5, 5.41) is 21.0. The number of ether oxygens (including phenoxy) is 2. The summed E-state index contributed by atoms with van der Waals surface area (Å²) in [6, 6.07) is 8.94. The molecule has 13 heteroatoms. The number of nitrogens with zero attached hydrogens (tertiary/aromatic N) is 4. The van der Waals surface area contributed by atoms with Crippen LogP contribution < -0.4 is 20.1 Å². The summed E-state index contributed by atoms with van der Waals surface area (Å²) in [6.45, 7) is 5.97. The summed E-state index contributed by atoms with van der Waals surface area (Å²) >= 11 is 0. The van der Waals surface area contributed by atoms with Crippen LogP contribution in [0.4, 0.5) is 0 Å². The highest BCUT2D eigenvalue weighted by Gasteiger charge is 2.40. The molecule has 2 atom stereocenters. The first-order chi connectivity index (χ1) is 23.0. The molecule has 0 aliphatic carbocycles. The smallest absolute Gasteiger partial charge is 0.243 e. The number of carbonyl (C=O) groups excluding carboxylic acids is 3. The number of phenolic OH excluding ortho intramolecular Hbond substituents is 1. The molecule has 2 aromatic heterocycles. The molecule has 0 unspecified atom stereocenters. The summed E-state index contributed by atoms with van der Waals surface area (Å²) in [4.78, 5) is 46.5. The average Bonchev–Trinajstić information content (AvgIpc) is 3.73. The van der Waals surface area contributed by atoms with E-state index in [1.807, 2.05) is 25.6 Å². The van der Waals surface area contributed by atoms with Gasteiger partial charge in [0.1, 0.15) is 17.5 Å². The first-order valence-electron chi connectivity index (χ1n) is 16.0. The predicted molar refractivity (Wildman–Crippen MR) is 175 cm³/mol. The number of fused-ring (bicyclic) bond motifs is 8. The van der Waals surface area contributed by atoms with E-state index in [9.17, 15) is 19.5 Å². The number of aromatic hydroxyl groups is 1. The normalized spacial score (nSPS) is 18.0. The molecule has 3 amide bonds. The number of nitrogens with one attached hydrogen (secondary N) is 2. The van der Waals surface area contributed by atoms with E-state index in [0.717, 1.165) is 22.5 Å². The Labute approximate surface area is 278 Å². The molecule has 0 spiro atoms. The molecule has 1 fully saturated rings. The van der Waals surface area contributed by atoms with Gasteiger partial charge in [0.2, 0.25) is 23.6 Å². The first-order valence-corrected chi connectivity index (χ1v) is 16.0. The van der Waals surface area contributed by atoms with E-state index in [1.165, 1.54) is 13.2 Å². The van der Waals surface area contributed by atoms with Crippen LogP contribution in [-0.2, 0) is 40.8 Å². The van der Waals surface area contributed by atoms with Crippen molar-refractivity contribution in [3.63, 3.8) is 0 Å². The molecule has 1 saturated heterocycles. The summed E-state index contributed by atoms with van der Waals surface area (Å²) in [6.07, 6.45) is 1.55. The van der Waals surface area contributed by atoms with Gasteiger partial charge >= 0.3 is 0 Å². The second-order valence-electron chi connectivity index (χ2n) is 12.3. The van der Waals surface area contributed by atoms with Crippen molar-refractivity contribution in [2.24, 2.45) is 7.05 Å². The molecule has 13 nitrogen and oxygen atoms in total. The van der Waals surface area contributed by atoms with E-state index >= 15 is 0 Å². The van der Waals surface area contributed by atoms with Gasteiger partial charge in [0.25, 0.3) is 0 Å². The lowest BCUT2D eigenvalue weighted by molar-refractivity contribution is -0.138. The number of phenols is 1. The summed E-state index contributed by atoms with van der Waals surface area (Å²) in [7, 11) is 3.40. The van der Waals surface area contributed by atoms with Crippen LogP contribution in [0.2, 0.25) is 0 Å². The van der Waals surface area contributed by atoms with Crippen molar-refractivity contribution < 1.29 is 33.4 Å². The van der Waals surface area contributed by atoms with Crippen LogP contribution in [0.15, 0.2) is 40.8 Å². The molecule has 6 bridgehead atoms. The van der Waals surface area contributed by atoms with Crippen LogP contribution in [0, 0.1) is 20.8 Å². The van der Waals surface area contributed by atoms with Gasteiger partial charge in [-0.25, -0.2) is 4.98 Å². The van der Waals surface area contributed by atoms with E-state index in [2.05, 4.69) is 20.7 Å². The van der Waals surface area contributed by atoms with Crippen LogP contribution in [0.25, 0.3) is 11.5 Å². The number of carbonyl (C=O) groups is 3. The van der Waals surface area contributed by atoms with Gasteiger partial charge < -0.3 is 34.5 Å². The largest absolute Gasteiger partial charge is 0.504 e. The minimum absolute atomic E-state index is 0.0788. The minimum Gasteiger partial charge on any atom is -0.504 e. The number of aryl methyl sites for hydroxylation is 4. The lowest BCUT2D eigenvalue weighted by Gasteiger charge is -2.24. The zero-order valence-electron chi connectivity index (χ0n) is 27.8. The quantitative estimate of drug-likeness (QED) is 0.290. The zero-order valence-corrected chi connectivity index (χ0v) is 27.8. The van der Waals surface area contributed by atoms with Crippen molar-refractivity contribution in [1.82, 2.24) is 30.3 Å². The molecular formula is C35H40N6O7. The van der Waals surface area contributed by atoms with Gasteiger partial charge in [-0.1, -0.05) is 6.07 Å². The molecule has 48 heavy (non-hydrogen) atoms. The van der Waals surface area contributed by atoms with Crippen LogP contribution in [0.1, 0.15) is 53.2 Å². The van der Waals surface area contributed by atoms with Crippen LogP contribution in [-0.4, -0.2) is 68.2 Å². The van der Waals surface area contributed by atoms with Crippen molar-refractivity contribution in [3.05, 3.63) is 70.4 Å². The average molecular weight is 657 g/mol. The molecule has 252 valence electrons. The Morgan fingerprint density at radius 2 is 1.94 bits per heavy atom. The molecule has 2 aliphatic heterocycles. The second kappa shape index (κ2) is 13.4. The number of methoxy groups -OCH3 is 1. The van der Waals surface area contributed by atoms with Gasteiger partial charge in [0.05, 0.1) is 19.3 Å². The van der Waals surface area contributed by atoms with Crippen molar-refractivity contribution >= 4 is 17.7 Å². The summed E-state index contributed by atoms with van der Waals surface area (Å²) < 4.78 is 19.4. The number of hydrogen-bond donors (Lipinski definition) is 3. The lowest BCUT2D eigenvalue weighted by atomic mass is 10.1. The molecule has 0 saturated carbocycles. The SMILES string of the molecule is COc1ccc2cc1Oc1cc(ccc1O)CCC(=O)N1C[C@@H](NC(=O)CCc3c(C)nn(C)c3C)C[C@H]1C(=O)NCc1nc-2oc1C. The second-order valence-corrected chi connectivity index (χ2v) is 12.3. The highest BCUT2D eigenvalue weighted by atomic mass is 16.5. The van der Waals surface area contributed by atoms with E-state index in [1.54, 1.807) is 42.2 Å². The van der Waals surface area contributed by atoms with Crippen molar-refractivity contribution in [1.29, 1.82) is 0 Å². The van der Waals surface area contributed by atoms with Gasteiger partial charge in [-0.3, -0.25) is 19.1 Å². The standard InChI is InChI=1S/C35H40N6O7/c1-19-25(20(2)40(4)39-19)9-12-32(43)37-24-16-27-34(45)36-17-26-21(3)47-35(38-26)23-8-11-29(46-5)31(15-23)48-30-14-22(6-10-28(30)42)7-13-33(44)41(27)18-24/h6,8,10-11,14-15,24,27,42H,7,9,12-13,16-18H2,1-5H3,(H,36,45)(H,37,43)/t24-,27-/m0/s1. The number of hydrogen-bond acceptors (Lipinski definition) is 9. The molecule has 6 rings (SSSR count). The molecule has 0 radical (unpaired) electrons. The summed E-state index contributed by atoms with van der Waals surface area (Å²) in [5.41, 5.74) is 4.86. The molecule has 4 heterocycles. The number of amides is 3. The van der Waals surface area contributed by atoms with E-state index in [4.69, 9.17) is 13.9 Å². The van der Waals surface area contributed by atoms with Gasteiger partial charge in [0, 0.05) is 43.7 Å². The third-order valence-corrected chi connectivity index (χ3v) is 9.16. The Hall–Kier alpha value is -5.33. The van der Waals surface area contributed by atoms with Crippen molar-refractivity contribution in [2.75, 3.05) is 13.7 Å². The van der Waals surface area contributed by atoms with Crippen LogP contribution >= 0.6 is 0 Å². The van der Waals surface area contributed by atoms with Crippen molar-refractivity contribution in [2.45, 2.75) is 71.5 Å². The Kier molecular flexibility index (Phi) is 9.11. The van der Waals surface area contributed by atoms with Gasteiger partial charge in [0.15, 0.2) is 23.0 Å². The number of benzene rings is 2. The Morgan fingerprint density at radius 1 is 1.12 bits per heavy atom. The zero-order chi connectivity index (χ0) is 34.1. The van der Waals surface area contributed by atoms with Crippen LogP contribution in [0.3, 0.4) is 0 Å². The number of oxazole rings is 1. The molecule has 3 N–H and O–H groups in total. The maximum atomic E-state index is 13.7.